The van der Waals surface area contributed by atoms with Crippen LogP contribution < -0.4 is 24.3 Å². The number of aryl methyl sites for hydroxylation is 1. The summed E-state index contributed by atoms with van der Waals surface area (Å²) in [6.45, 7) is 5.00. The van der Waals surface area contributed by atoms with Gasteiger partial charge in [0.1, 0.15) is 18.7 Å². The number of rotatable bonds is 9. The van der Waals surface area contributed by atoms with E-state index in [2.05, 4.69) is 15.2 Å². The predicted molar refractivity (Wildman–Crippen MR) is 139 cm³/mol. The van der Waals surface area contributed by atoms with Gasteiger partial charge in [0.2, 0.25) is 11.7 Å². The van der Waals surface area contributed by atoms with Crippen LogP contribution >= 0.6 is 0 Å². The molecule has 1 unspecified atom stereocenters. The Morgan fingerprint density at radius 1 is 1.08 bits per heavy atom. The van der Waals surface area contributed by atoms with Crippen LogP contribution in [-0.2, 0) is 16.0 Å². The maximum atomic E-state index is 12.0. The summed E-state index contributed by atoms with van der Waals surface area (Å²) in [7, 11) is 4.76. The molecule has 2 aliphatic rings. The third kappa shape index (κ3) is 6.22. The van der Waals surface area contributed by atoms with Crippen molar-refractivity contribution in [2.75, 3.05) is 60.9 Å². The van der Waals surface area contributed by atoms with Crippen LogP contribution in [0, 0.1) is 0 Å². The summed E-state index contributed by atoms with van der Waals surface area (Å²) >= 11 is 0. The number of ether oxygens (including phenoxy) is 5. The van der Waals surface area contributed by atoms with E-state index in [1.807, 2.05) is 24.3 Å². The normalized spacial score (nSPS) is 17.4. The molecule has 1 saturated heterocycles. The highest BCUT2D eigenvalue weighted by Gasteiger charge is 2.28. The first-order valence-corrected chi connectivity index (χ1v) is 12.3. The van der Waals surface area contributed by atoms with E-state index in [1.54, 1.807) is 21.3 Å². The molecule has 4 rings (SSSR count). The third-order valence-corrected chi connectivity index (χ3v) is 6.50. The van der Waals surface area contributed by atoms with Crippen molar-refractivity contribution in [1.29, 1.82) is 0 Å². The van der Waals surface area contributed by atoms with Gasteiger partial charge in [0.25, 0.3) is 0 Å². The zero-order chi connectivity index (χ0) is 26.4. The van der Waals surface area contributed by atoms with Crippen molar-refractivity contribution >= 4 is 11.6 Å². The zero-order valence-corrected chi connectivity index (χ0v) is 21.8. The minimum atomic E-state index is -0.729. The van der Waals surface area contributed by atoms with Crippen molar-refractivity contribution in [2.45, 2.75) is 26.0 Å². The molecule has 10 nitrogen and oxygen atoms in total. The Labute approximate surface area is 217 Å². The lowest BCUT2D eigenvalue weighted by molar-refractivity contribution is -0.115. The molecule has 2 aromatic carbocycles. The van der Waals surface area contributed by atoms with Gasteiger partial charge in [0.15, 0.2) is 11.5 Å². The molecule has 1 heterocycles. The number of nitrogens with zero attached hydrogens (tertiary/aromatic N) is 2. The van der Waals surface area contributed by atoms with E-state index >= 15 is 0 Å². The van der Waals surface area contributed by atoms with E-state index < -0.39 is 6.23 Å². The number of methoxy groups -OCH3 is 3. The molecule has 2 aromatic rings. The summed E-state index contributed by atoms with van der Waals surface area (Å²) in [5.41, 5.74) is 4.19. The van der Waals surface area contributed by atoms with E-state index in [1.165, 1.54) is 6.92 Å². The van der Waals surface area contributed by atoms with E-state index in [0.29, 0.717) is 61.3 Å². The summed E-state index contributed by atoms with van der Waals surface area (Å²) in [6.07, 6.45) is 0.462. The van der Waals surface area contributed by atoms with Crippen molar-refractivity contribution in [3.05, 3.63) is 35.4 Å². The molecule has 200 valence electrons. The monoisotopic (exact) mass is 513 g/mol. The quantitative estimate of drug-likeness (QED) is 0.488. The van der Waals surface area contributed by atoms with Crippen molar-refractivity contribution in [3.8, 4) is 34.1 Å². The second-order valence-electron chi connectivity index (χ2n) is 8.89. The molecular formula is C27H35N3O7. The van der Waals surface area contributed by atoms with Crippen LogP contribution in [0.4, 0.5) is 0 Å². The lowest BCUT2D eigenvalue weighted by Gasteiger charge is -2.28. The van der Waals surface area contributed by atoms with Gasteiger partial charge < -0.3 is 28.8 Å². The lowest BCUT2D eigenvalue weighted by atomic mass is 9.94. The number of hydrogen-bond acceptors (Lipinski definition) is 9. The molecule has 1 amide bonds. The summed E-state index contributed by atoms with van der Waals surface area (Å²) in [5.74, 6) is 1.95. The Kier molecular flexibility index (Phi) is 8.99. The zero-order valence-electron chi connectivity index (χ0n) is 21.8. The number of aliphatic hydroxyl groups excluding tert-OH is 1. The number of morpholine rings is 1. The van der Waals surface area contributed by atoms with Crippen LogP contribution in [0.1, 0.15) is 24.5 Å². The first-order chi connectivity index (χ1) is 17.9. The number of nitrogens with one attached hydrogen (secondary N) is 1. The first-order valence-electron chi connectivity index (χ1n) is 12.3. The van der Waals surface area contributed by atoms with Gasteiger partial charge >= 0.3 is 0 Å². The van der Waals surface area contributed by atoms with Crippen LogP contribution in [0.25, 0.3) is 11.1 Å². The smallest absolute Gasteiger partial charge is 0.242 e. The van der Waals surface area contributed by atoms with E-state index in [-0.39, 0.29) is 12.6 Å². The molecule has 1 aliphatic carbocycles. The Morgan fingerprint density at radius 3 is 2.51 bits per heavy atom. The second-order valence-corrected chi connectivity index (χ2v) is 8.89. The van der Waals surface area contributed by atoms with Crippen LogP contribution in [0.2, 0.25) is 0 Å². The Balaban J connectivity index is 1.62. The van der Waals surface area contributed by atoms with Gasteiger partial charge in [0.05, 0.1) is 40.3 Å². The third-order valence-electron chi connectivity index (χ3n) is 6.50. The highest BCUT2D eigenvalue weighted by Crippen LogP contribution is 2.49. The number of benzene rings is 2. The average Bonchev–Trinajstić information content (AvgIpc) is 3.04. The van der Waals surface area contributed by atoms with Gasteiger partial charge in [0, 0.05) is 37.7 Å². The molecule has 1 atom stereocenters. The fourth-order valence-corrected chi connectivity index (χ4v) is 4.78. The molecule has 0 aromatic heterocycles. The topological polar surface area (TPSA) is 111 Å². The van der Waals surface area contributed by atoms with Gasteiger partial charge in [-0.2, -0.15) is 0 Å². The molecule has 0 bridgehead atoms. The van der Waals surface area contributed by atoms with Crippen LogP contribution in [-0.4, -0.2) is 88.8 Å². The van der Waals surface area contributed by atoms with Crippen molar-refractivity contribution in [2.24, 2.45) is 4.99 Å². The largest absolute Gasteiger partial charge is 0.493 e. The average molecular weight is 514 g/mol. The number of hydrogen-bond donors (Lipinski definition) is 2. The minimum absolute atomic E-state index is 0.119. The molecule has 37 heavy (non-hydrogen) atoms. The number of carbonyl (C=O) groups is 1. The number of fused-ring (bicyclic) bond motifs is 3. The van der Waals surface area contributed by atoms with Crippen molar-refractivity contribution in [1.82, 2.24) is 10.2 Å². The summed E-state index contributed by atoms with van der Waals surface area (Å²) in [4.78, 5) is 18.5. The number of aliphatic imine (C=N–C) groups is 1. The molecule has 1 aliphatic heterocycles. The summed E-state index contributed by atoms with van der Waals surface area (Å²) < 4.78 is 28.2. The first kappa shape index (κ1) is 26.9. The Hall–Kier alpha value is -3.18. The molecule has 1 fully saturated rings. The second kappa shape index (κ2) is 12.4. The highest BCUT2D eigenvalue weighted by atomic mass is 16.5. The Morgan fingerprint density at radius 2 is 1.84 bits per heavy atom. The summed E-state index contributed by atoms with van der Waals surface area (Å²) in [6, 6.07) is 7.61. The lowest BCUT2D eigenvalue weighted by Crippen LogP contribution is -2.46. The fraction of sp³-hybridized carbons (Fsp3) is 0.481. The van der Waals surface area contributed by atoms with Gasteiger partial charge in [-0.3, -0.25) is 15.0 Å². The molecule has 10 heteroatoms. The van der Waals surface area contributed by atoms with Crippen LogP contribution in [0.5, 0.6) is 23.0 Å². The molecule has 2 N–H and O–H groups in total. The van der Waals surface area contributed by atoms with E-state index in [4.69, 9.17) is 23.7 Å². The maximum absolute atomic E-state index is 12.0. The van der Waals surface area contributed by atoms with E-state index in [9.17, 15) is 9.90 Å². The molecular weight excluding hydrogens is 478 g/mol. The predicted octanol–water partition coefficient (Wildman–Crippen LogP) is 2.24. The molecule has 0 saturated carbocycles. The van der Waals surface area contributed by atoms with Gasteiger partial charge in [-0.25, -0.2) is 4.99 Å². The number of carbonyl (C=O) groups excluding carboxylic acids is 1. The van der Waals surface area contributed by atoms with Gasteiger partial charge in [-0.05, 0) is 48.2 Å². The minimum Gasteiger partial charge on any atom is -0.493 e. The highest BCUT2D eigenvalue weighted by molar-refractivity contribution is 6.12. The number of aliphatic hydroxyl groups is 1. The maximum Gasteiger partial charge on any atom is 0.242 e. The van der Waals surface area contributed by atoms with Crippen molar-refractivity contribution < 1.29 is 33.6 Å². The molecule has 0 spiro atoms. The Bertz CT molecular complexity index is 1150. The number of β-amino-alcohol motifs (C(OH)–C–C–N with tert-alkyl or cyclic N) is 1. The SMILES string of the molecule is COc1cc2c(c(OC)c1OC)-c1ccc(OCNC(O)CN3CCOCC3)cc1C(=NC(C)=O)CC2. The van der Waals surface area contributed by atoms with Crippen molar-refractivity contribution in [3.63, 3.8) is 0 Å². The fourth-order valence-electron chi connectivity index (χ4n) is 4.78. The van der Waals surface area contributed by atoms with Gasteiger partial charge in [-0.1, -0.05) is 0 Å². The van der Waals surface area contributed by atoms with Crippen LogP contribution in [0.15, 0.2) is 29.3 Å². The number of amides is 1. The molecule has 0 radical (unpaired) electrons. The summed E-state index contributed by atoms with van der Waals surface area (Å²) in [5, 5.41) is 13.3. The van der Waals surface area contributed by atoms with E-state index in [0.717, 1.165) is 35.3 Å². The van der Waals surface area contributed by atoms with Crippen LogP contribution in [0.3, 0.4) is 0 Å². The van der Waals surface area contributed by atoms with Gasteiger partial charge in [-0.15, -0.1) is 0 Å². The standard InChI is InChI=1S/C27H35N3O7/c1-17(31)29-22-8-5-18-13-23(33-2)26(34-3)27(35-4)25(18)20-7-6-19(14-21(20)22)37-16-28-24(32)15-30-9-11-36-12-10-30/h6-7,13-14,24,28,32H,5,8-12,15-16H2,1-4H3.